The molecule has 1 saturated carbocycles. The summed E-state index contributed by atoms with van der Waals surface area (Å²) in [6.07, 6.45) is 6.13. The van der Waals surface area contributed by atoms with Crippen molar-refractivity contribution >= 4 is 28.5 Å². The maximum absolute atomic E-state index is 7.69. The van der Waals surface area contributed by atoms with E-state index in [1.165, 1.54) is 19.3 Å². The summed E-state index contributed by atoms with van der Waals surface area (Å²) in [7, 11) is 0. The van der Waals surface area contributed by atoms with Gasteiger partial charge in [-0.1, -0.05) is 43.0 Å². The van der Waals surface area contributed by atoms with E-state index in [0.717, 1.165) is 35.3 Å². The lowest BCUT2D eigenvalue weighted by Gasteiger charge is -2.26. The maximum Gasteiger partial charge on any atom is 0.142 e. The van der Waals surface area contributed by atoms with Gasteiger partial charge < -0.3 is 10.3 Å². The Morgan fingerprint density at radius 3 is 2.60 bits per heavy atom. The van der Waals surface area contributed by atoms with Crippen LogP contribution in [0.3, 0.4) is 0 Å². The van der Waals surface area contributed by atoms with Crippen molar-refractivity contribution in [1.29, 1.82) is 5.41 Å². The van der Waals surface area contributed by atoms with Gasteiger partial charge in [-0.15, -0.1) is 0 Å². The zero-order valence-electron chi connectivity index (χ0n) is 14.0. The van der Waals surface area contributed by atoms with Gasteiger partial charge in [-0.25, -0.2) is 4.98 Å². The number of aromatic nitrogens is 2. The smallest absolute Gasteiger partial charge is 0.142 e. The van der Waals surface area contributed by atoms with Crippen LogP contribution in [0.15, 0.2) is 42.5 Å². The predicted octanol–water partition coefficient (Wildman–Crippen LogP) is 5.15. The van der Waals surface area contributed by atoms with Crippen LogP contribution in [0.25, 0.3) is 22.4 Å². The van der Waals surface area contributed by atoms with E-state index in [-0.39, 0.29) is 5.84 Å². The van der Waals surface area contributed by atoms with Crippen LogP contribution in [0.4, 0.5) is 0 Å². The summed E-state index contributed by atoms with van der Waals surface area (Å²) in [5.41, 5.74) is 9.27. The lowest BCUT2D eigenvalue weighted by Crippen LogP contribution is -2.14. The molecule has 4 rings (SSSR count). The SMILES string of the molecule is N=C(N)c1ccc2c(c1)nc(-c1ccccc1Cl)n2C1CCCCC1. The molecule has 1 fully saturated rings. The van der Waals surface area contributed by atoms with Crippen molar-refractivity contribution in [2.45, 2.75) is 38.1 Å². The second-order valence-electron chi connectivity index (χ2n) is 6.69. The Hall–Kier alpha value is -2.33. The van der Waals surface area contributed by atoms with Crippen LogP contribution in [0.1, 0.15) is 43.7 Å². The molecule has 128 valence electrons. The van der Waals surface area contributed by atoms with Crippen LogP contribution in [0.2, 0.25) is 5.02 Å². The Kier molecular flexibility index (Phi) is 4.22. The molecule has 0 aliphatic heterocycles. The van der Waals surface area contributed by atoms with Crippen molar-refractivity contribution in [3.63, 3.8) is 0 Å². The molecule has 0 radical (unpaired) electrons. The van der Waals surface area contributed by atoms with E-state index in [0.29, 0.717) is 16.6 Å². The first-order valence-electron chi connectivity index (χ1n) is 8.76. The first kappa shape index (κ1) is 16.2. The molecule has 1 heterocycles. The highest BCUT2D eigenvalue weighted by molar-refractivity contribution is 6.33. The molecular formula is C20H21ClN4. The number of hydrogen-bond acceptors (Lipinski definition) is 2. The molecule has 2 aromatic carbocycles. The van der Waals surface area contributed by atoms with Crippen LogP contribution in [-0.4, -0.2) is 15.4 Å². The molecule has 0 spiro atoms. The van der Waals surface area contributed by atoms with Gasteiger partial charge >= 0.3 is 0 Å². The first-order chi connectivity index (χ1) is 12.1. The number of nitrogens with two attached hydrogens (primary N) is 1. The Balaban J connectivity index is 1.96. The summed E-state index contributed by atoms with van der Waals surface area (Å²) >= 11 is 6.47. The molecule has 1 aliphatic carbocycles. The minimum absolute atomic E-state index is 0.0633. The number of rotatable bonds is 3. The van der Waals surface area contributed by atoms with Crippen LogP contribution in [-0.2, 0) is 0 Å². The molecule has 0 unspecified atom stereocenters. The van der Waals surface area contributed by atoms with Crippen molar-refractivity contribution in [2.24, 2.45) is 5.73 Å². The van der Waals surface area contributed by atoms with Crippen LogP contribution in [0.5, 0.6) is 0 Å². The molecule has 0 atom stereocenters. The maximum atomic E-state index is 7.69. The zero-order valence-corrected chi connectivity index (χ0v) is 14.8. The Morgan fingerprint density at radius 1 is 1.12 bits per heavy atom. The number of nitrogens with one attached hydrogen (secondary N) is 1. The van der Waals surface area contributed by atoms with Crippen molar-refractivity contribution < 1.29 is 0 Å². The Labute approximate surface area is 152 Å². The highest BCUT2D eigenvalue weighted by Crippen LogP contribution is 2.37. The fourth-order valence-electron chi connectivity index (χ4n) is 3.81. The zero-order chi connectivity index (χ0) is 17.4. The van der Waals surface area contributed by atoms with Crippen LogP contribution < -0.4 is 5.73 Å². The topological polar surface area (TPSA) is 67.7 Å². The van der Waals surface area contributed by atoms with E-state index in [9.17, 15) is 0 Å². The van der Waals surface area contributed by atoms with Gasteiger partial charge in [0, 0.05) is 17.2 Å². The van der Waals surface area contributed by atoms with Crippen molar-refractivity contribution in [3.8, 4) is 11.4 Å². The van der Waals surface area contributed by atoms with Gasteiger partial charge in [0.25, 0.3) is 0 Å². The largest absolute Gasteiger partial charge is 0.384 e. The number of benzene rings is 2. The van der Waals surface area contributed by atoms with Gasteiger partial charge in [0.1, 0.15) is 11.7 Å². The van der Waals surface area contributed by atoms with E-state index in [1.54, 1.807) is 0 Å². The molecule has 5 heteroatoms. The molecule has 0 saturated heterocycles. The second-order valence-corrected chi connectivity index (χ2v) is 7.10. The molecule has 25 heavy (non-hydrogen) atoms. The Bertz CT molecular complexity index is 938. The highest BCUT2D eigenvalue weighted by Gasteiger charge is 2.23. The summed E-state index contributed by atoms with van der Waals surface area (Å²) in [6.45, 7) is 0. The number of imidazole rings is 1. The van der Waals surface area contributed by atoms with Crippen LogP contribution >= 0.6 is 11.6 Å². The van der Waals surface area contributed by atoms with Gasteiger partial charge in [-0.2, -0.15) is 0 Å². The fraction of sp³-hybridized carbons (Fsp3) is 0.300. The molecule has 0 amide bonds. The Morgan fingerprint density at radius 2 is 1.88 bits per heavy atom. The van der Waals surface area contributed by atoms with E-state index in [1.807, 2.05) is 42.5 Å². The lowest BCUT2D eigenvalue weighted by atomic mass is 9.95. The lowest BCUT2D eigenvalue weighted by molar-refractivity contribution is 0.362. The van der Waals surface area contributed by atoms with Gasteiger partial charge in [-0.05, 0) is 43.2 Å². The first-order valence-corrected chi connectivity index (χ1v) is 9.14. The summed E-state index contributed by atoms with van der Waals surface area (Å²) in [5, 5.41) is 8.40. The predicted molar refractivity (Wildman–Crippen MR) is 103 cm³/mol. The molecule has 3 aromatic rings. The number of nitrogen functional groups attached to an aromatic ring is 1. The van der Waals surface area contributed by atoms with Gasteiger partial charge in [0.2, 0.25) is 0 Å². The highest BCUT2D eigenvalue weighted by atomic mass is 35.5. The van der Waals surface area contributed by atoms with E-state index >= 15 is 0 Å². The average molecular weight is 353 g/mol. The number of fused-ring (bicyclic) bond motifs is 1. The standard InChI is InChI=1S/C20H21ClN4/c21-16-9-5-4-8-15(16)20-24-17-12-13(19(22)23)10-11-18(17)25(20)14-6-2-1-3-7-14/h4-5,8-12,14H,1-3,6-7H2,(H3,22,23). The summed E-state index contributed by atoms with van der Waals surface area (Å²) in [5.74, 6) is 0.974. The van der Waals surface area contributed by atoms with Crippen molar-refractivity contribution in [1.82, 2.24) is 9.55 Å². The quantitative estimate of drug-likeness (QED) is 0.505. The van der Waals surface area contributed by atoms with Gasteiger partial charge in [0.05, 0.1) is 16.1 Å². The molecule has 3 N–H and O–H groups in total. The average Bonchev–Trinajstić information content (AvgIpc) is 3.01. The number of halogens is 1. The van der Waals surface area contributed by atoms with Crippen molar-refractivity contribution in [2.75, 3.05) is 0 Å². The van der Waals surface area contributed by atoms with Gasteiger partial charge in [0.15, 0.2) is 0 Å². The third kappa shape index (κ3) is 2.91. The number of hydrogen-bond donors (Lipinski definition) is 2. The number of nitrogens with zero attached hydrogens (tertiary/aromatic N) is 2. The molecule has 0 bridgehead atoms. The summed E-state index contributed by atoms with van der Waals surface area (Å²) < 4.78 is 2.35. The molecule has 1 aromatic heterocycles. The fourth-order valence-corrected chi connectivity index (χ4v) is 4.03. The summed E-state index contributed by atoms with van der Waals surface area (Å²) in [4.78, 5) is 4.89. The molecular weight excluding hydrogens is 332 g/mol. The third-order valence-corrected chi connectivity index (χ3v) is 5.38. The van der Waals surface area contributed by atoms with Crippen molar-refractivity contribution in [3.05, 3.63) is 53.1 Å². The van der Waals surface area contributed by atoms with E-state index in [2.05, 4.69) is 4.57 Å². The number of amidine groups is 1. The van der Waals surface area contributed by atoms with E-state index < -0.39 is 0 Å². The minimum Gasteiger partial charge on any atom is -0.384 e. The monoisotopic (exact) mass is 352 g/mol. The second kappa shape index (κ2) is 6.52. The minimum atomic E-state index is 0.0633. The third-order valence-electron chi connectivity index (χ3n) is 5.06. The van der Waals surface area contributed by atoms with Gasteiger partial charge in [-0.3, -0.25) is 5.41 Å². The molecule has 1 aliphatic rings. The molecule has 4 nitrogen and oxygen atoms in total. The van der Waals surface area contributed by atoms with Crippen LogP contribution in [0, 0.1) is 5.41 Å². The summed E-state index contributed by atoms with van der Waals surface area (Å²) in [6, 6.07) is 14.1. The normalized spacial score (nSPS) is 15.6. The van der Waals surface area contributed by atoms with E-state index in [4.69, 9.17) is 27.7 Å².